The summed E-state index contributed by atoms with van der Waals surface area (Å²) in [6, 6.07) is 4.97. The molecule has 1 amide bonds. The van der Waals surface area contributed by atoms with Crippen molar-refractivity contribution < 1.29 is 22.7 Å². The number of ether oxygens (including phenoxy) is 1. The van der Waals surface area contributed by atoms with Gasteiger partial charge in [0.2, 0.25) is 0 Å². The molecule has 2 aliphatic rings. The van der Waals surface area contributed by atoms with Crippen LogP contribution in [0.3, 0.4) is 0 Å². The van der Waals surface area contributed by atoms with Crippen LogP contribution in [0.1, 0.15) is 52.8 Å². The van der Waals surface area contributed by atoms with Crippen LogP contribution in [0.4, 0.5) is 19.0 Å². The van der Waals surface area contributed by atoms with Gasteiger partial charge in [-0.3, -0.25) is 4.79 Å². The molecule has 0 aliphatic carbocycles. The zero-order valence-corrected chi connectivity index (χ0v) is 16.0. The molecule has 0 spiro atoms. The molecule has 6 nitrogen and oxygen atoms in total. The summed E-state index contributed by atoms with van der Waals surface area (Å²) in [7, 11) is 0. The predicted octanol–water partition coefficient (Wildman–Crippen LogP) is 3.76. The lowest BCUT2D eigenvalue weighted by molar-refractivity contribution is -0.173. The van der Waals surface area contributed by atoms with E-state index in [9.17, 15) is 18.0 Å². The molecule has 2 N–H and O–H groups in total. The summed E-state index contributed by atoms with van der Waals surface area (Å²) < 4.78 is 47.6. The van der Waals surface area contributed by atoms with Crippen molar-refractivity contribution in [2.45, 2.75) is 50.6 Å². The molecule has 0 bridgehead atoms. The lowest BCUT2D eigenvalue weighted by Gasteiger charge is -2.34. The molecule has 2 aromatic rings. The second kappa shape index (κ2) is 7.70. The lowest BCUT2D eigenvalue weighted by atomic mass is 9.96. The van der Waals surface area contributed by atoms with E-state index in [0.29, 0.717) is 13.2 Å². The van der Waals surface area contributed by atoms with E-state index in [2.05, 4.69) is 15.7 Å². The predicted molar refractivity (Wildman–Crippen MR) is 101 cm³/mol. The minimum absolute atomic E-state index is 0.0541. The van der Waals surface area contributed by atoms with Crippen molar-refractivity contribution in [3.63, 3.8) is 0 Å². The Morgan fingerprint density at radius 3 is 2.76 bits per heavy atom. The van der Waals surface area contributed by atoms with Gasteiger partial charge in [0, 0.05) is 19.6 Å². The summed E-state index contributed by atoms with van der Waals surface area (Å²) in [5, 5.41) is 9.74. The molecule has 3 heterocycles. The number of benzene rings is 1. The highest BCUT2D eigenvalue weighted by molar-refractivity contribution is 5.98. The van der Waals surface area contributed by atoms with Gasteiger partial charge in [-0.15, -0.1) is 0 Å². The van der Waals surface area contributed by atoms with Crippen LogP contribution in [-0.4, -0.2) is 41.1 Å². The van der Waals surface area contributed by atoms with Gasteiger partial charge < -0.3 is 15.4 Å². The number of anilines is 1. The van der Waals surface area contributed by atoms with E-state index in [0.717, 1.165) is 28.7 Å². The molecule has 1 aromatic heterocycles. The largest absolute Gasteiger partial charge is 0.410 e. The average molecular weight is 408 g/mol. The van der Waals surface area contributed by atoms with Gasteiger partial charge in [-0.2, -0.15) is 18.3 Å². The number of aromatic nitrogens is 2. The Morgan fingerprint density at radius 1 is 1.34 bits per heavy atom. The Hall–Kier alpha value is -2.55. The van der Waals surface area contributed by atoms with Gasteiger partial charge in [0.1, 0.15) is 11.4 Å². The standard InChI is InChI=1S/C20H23F3N4O2/c1-12-4-6-13(7-5-12)16-9-17(20(21,22)23)27-18(26-16)15(11-25-27)19(28)24-10-14-3-2-8-29-14/h4-7,11,14,16-17,26H,2-3,8-10H2,1H3,(H,24,28)/t14-,16+,17+/m0/s1. The number of nitrogens with one attached hydrogen (secondary N) is 2. The molecule has 0 saturated carbocycles. The van der Waals surface area contributed by atoms with Crippen molar-refractivity contribution in [2.75, 3.05) is 18.5 Å². The first kappa shape index (κ1) is 19.8. The number of nitrogens with zero attached hydrogens (tertiary/aromatic N) is 2. The summed E-state index contributed by atoms with van der Waals surface area (Å²) >= 11 is 0. The van der Waals surface area contributed by atoms with Crippen molar-refractivity contribution in [2.24, 2.45) is 0 Å². The maximum atomic E-state index is 13.7. The van der Waals surface area contributed by atoms with E-state index in [1.165, 1.54) is 6.20 Å². The van der Waals surface area contributed by atoms with Gasteiger partial charge >= 0.3 is 6.18 Å². The van der Waals surface area contributed by atoms with Crippen LogP contribution < -0.4 is 10.6 Å². The molecule has 9 heteroatoms. The van der Waals surface area contributed by atoms with Gasteiger partial charge in [-0.1, -0.05) is 29.8 Å². The number of carbonyl (C=O) groups excluding carboxylic acids is 1. The molecular formula is C20H23F3N4O2. The second-order valence-corrected chi connectivity index (χ2v) is 7.60. The summed E-state index contributed by atoms with van der Waals surface area (Å²) in [5.41, 5.74) is 1.87. The summed E-state index contributed by atoms with van der Waals surface area (Å²) in [4.78, 5) is 12.6. The van der Waals surface area contributed by atoms with Crippen LogP contribution in [0.25, 0.3) is 0 Å². The van der Waals surface area contributed by atoms with Crippen LogP contribution in [0.2, 0.25) is 0 Å². The number of hydrogen-bond acceptors (Lipinski definition) is 4. The first-order valence-corrected chi connectivity index (χ1v) is 9.70. The van der Waals surface area contributed by atoms with Gasteiger partial charge in [-0.05, 0) is 25.3 Å². The van der Waals surface area contributed by atoms with E-state index in [4.69, 9.17) is 4.74 Å². The minimum Gasteiger partial charge on any atom is -0.376 e. The smallest absolute Gasteiger partial charge is 0.376 e. The number of hydrogen-bond donors (Lipinski definition) is 2. The van der Waals surface area contributed by atoms with Gasteiger partial charge in [-0.25, -0.2) is 4.68 Å². The molecule has 29 heavy (non-hydrogen) atoms. The van der Waals surface area contributed by atoms with Gasteiger partial charge in [0.15, 0.2) is 6.04 Å². The number of fused-ring (bicyclic) bond motifs is 1. The number of rotatable bonds is 4. The number of aryl methyl sites for hydroxylation is 1. The Bertz CT molecular complexity index is 873. The Kier molecular flexibility index (Phi) is 5.24. The number of alkyl halides is 3. The normalized spacial score (nSPS) is 24.1. The fraction of sp³-hybridized carbons (Fsp3) is 0.500. The fourth-order valence-electron chi connectivity index (χ4n) is 3.85. The third kappa shape index (κ3) is 4.10. The molecule has 3 atom stereocenters. The van der Waals surface area contributed by atoms with Crippen molar-refractivity contribution in [1.29, 1.82) is 0 Å². The molecule has 156 valence electrons. The van der Waals surface area contributed by atoms with Crippen LogP contribution >= 0.6 is 0 Å². The molecule has 4 rings (SSSR count). The Labute approximate surface area is 166 Å². The number of carbonyl (C=O) groups is 1. The maximum absolute atomic E-state index is 13.7. The second-order valence-electron chi connectivity index (χ2n) is 7.60. The van der Waals surface area contributed by atoms with Crippen molar-refractivity contribution in [3.05, 3.63) is 47.2 Å². The minimum atomic E-state index is -4.47. The van der Waals surface area contributed by atoms with Crippen molar-refractivity contribution in [1.82, 2.24) is 15.1 Å². The van der Waals surface area contributed by atoms with Crippen LogP contribution in [0.15, 0.2) is 30.5 Å². The monoisotopic (exact) mass is 408 g/mol. The molecule has 2 aliphatic heterocycles. The molecular weight excluding hydrogens is 385 g/mol. The van der Waals surface area contributed by atoms with E-state index in [1.807, 2.05) is 31.2 Å². The number of halogens is 3. The highest BCUT2D eigenvalue weighted by Crippen LogP contribution is 2.44. The molecule has 1 aromatic carbocycles. The Balaban J connectivity index is 1.60. The van der Waals surface area contributed by atoms with E-state index >= 15 is 0 Å². The summed E-state index contributed by atoms with van der Waals surface area (Å²) in [6.07, 6.45) is -1.73. The molecule has 0 radical (unpaired) electrons. The highest BCUT2D eigenvalue weighted by Gasteiger charge is 2.47. The quantitative estimate of drug-likeness (QED) is 0.808. The third-order valence-corrected chi connectivity index (χ3v) is 5.48. The molecule has 1 fully saturated rings. The Morgan fingerprint density at radius 2 is 2.10 bits per heavy atom. The molecule has 1 saturated heterocycles. The van der Waals surface area contributed by atoms with Gasteiger partial charge in [0.05, 0.1) is 18.3 Å². The first-order valence-electron chi connectivity index (χ1n) is 9.70. The van der Waals surface area contributed by atoms with E-state index < -0.39 is 24.2 Å². The fourth-order valence-corrected chi connectivity index (χ4v) is 3.85. The highest BCUT2D eigenvalue weighted by atomic mass is 19.4. The summed E-state index contributed by atoms with van der Waals surface area (Å²) in [6.45, 7) is 2.91. The molecule has 0 unspecified atom stereocenters. The lowest BCUT2D eigenvalue weighted by Crippen LogP contribution is -2.37. The van der Waals surface area contributed by atoms with Crippen molar-refractivity contribution >= 4 is 11.7 Å². The average Bonchev–Trinajstić information content (AvgIpc) is 3.35. The van der Waals surface area contributed by atoms with Crippen LogP contribution in [0.5, 0.6) is 0 Å². The van der Waals surface area contributed by atoms with Gasteiger partial charge in [0.25, 0.3) is 5.91 Å². The van der Waals surface area contributed by atoms with Crippen LogP contribution in [-0.2, 0) is 4.74 Å². The third-order valence-electron chi connectivity index (χ3n) is 5.48. The van der Waals surface area contributed by atoms with E-state index in [1.54, 1.807) is 0 Å². The van der Waals surface area contributed by atoms with E-state index in [-0.39, 0.29) is 23.9 Å². The maximum Gasteiger partial charge on any atom is 0.410 e. The number of amides is 1. The zero-order valence-electron chi connectivity index (χ0n) is 16.0. The van der Waals surface area contributed by atoms with Crippen LogP contribution in [0, 0.1) is 6.92 Å². The SMILES string of the molecule is Cc1ccc([C@H]2C[C@H](C(F)(F)F)n3ncc(C(=O)NC[C@@H]4CCCO4)c3N2)cc1. The van der Waals surface area contributed by atoms with Crippen molar-refractivity contribution in [3.8, 4) is 0 Å². The topological polar surface area (TPSA) is 68.2 Å². The zero-order chi connectivity index (χ0) is 20.6. The summed E-state index contributed by atoms with van der Waals surface area (Å²) in [5.74, 6) is -0.367. The first-order chi connectivity index (χ1) is 13.8.